The molecule has 0 aliphatic rings. The Balaban J connectivity index is 2.30. The summed E-state index contributed by atoms with van der Waals surface area (Å²) >= 11 is 0. The maximum atomic E-state index is 13.5. The molecule has 0 aliphatic carbocycles. The molecule has 0 saturated carbocycles. The average molecular weight is 420 g/mol. The van der Waals surface area contributed by atoms with Gasteiger partial charge in [0.2, 0.25) is 5.76 Å². The van der Waals surface area contributed by atoms with Crippen LogP contribution in [0.4, 0.5) is 0 Å². The summed E-state index contributed by atoms with van der Waals surface area (Å²) in [5.41, 5.74) is 2.68. The molecular weight excluding hydrogens is 396 g/mol. The Morgan fingerprint density at radius 2 is 1.26 bits per heavy atom. The average Bonchev–Trinajstić information content (AvgIpc) is 3.15. The van der Waals surface area contributed by atoms with E-state index in [4.69, 9.17) is 13.9 Å². The van der Waals surface area contributed by atoms with Crippen molar-refractivity contribution in [1.29, 1.82) is 0 Å². The smallest absolute Gasteiger partial charge is 0.375 e. The third-order valence-corrected chi connectivity index (χ3v) is 4.70. The van der Waals surface area contributed by atoms with Crippen LogP contribution >= 0.6 is 0 Å². The van der Waals surface area contributed by atoms with Gasteiger partial charge in [-0.3, -0.25) is 4.79 Å². The highest BCUT2D eigenvalue weighted by Crippen LogP contribution is 2.35. The van der Waals surface area contributed by atoms with Crippen LogP contribution in [0.15, 0.2) is 52.9 Å². The Morgan fingerprint density at radius 3 is 1.81 bits per heavy atom. The molecule has 0 spiro atoms. The van der Waals surface area contributed by atoms with Gasteiger partial charge in [-0.05, 0) is 27.7 Å². The Hall–Kier alpha value is -3.67. The second-order valence-corrected chi connectivity index (χ2v) is 7.01. The molecule has 31 heavy (non-hydrogen) atoms. The van der Waals surface area contributed by atoms with E-state index in [2.05, 4.69) is 0 Å². The fourth-order valence-corrected chi connectivity index (χ4v) is 3.14. The third-order valence-electron chi connectivity index (χ3n) is 4.70. The van der Waals surface area contributed by atoms with Gasteiger partial charge in [-0.25, -0.2) is 9.59 Å². The number of ketones is 1. The minimum Gasteiger partial charge on any atom is -0.462 e. The van der Waals surface area contributed by atoms with Crippen LogP contribution in [0.2, 0.25) is 0 Å². The zero-order valence-electron chi connectivity index (χ0n) is 18.0. The number of ether oxygens (including phenoxy) is 2. The van der Waals surface area contributed by atoms with Crippen molar-refractivity contribution in [2.45, 2.75) is 27.7 Å². The highest BCUT2D eigenvalue weighted by Gasteiger charge is 2.35. The lowest BCUT2D eigenvalue weighted by Crippen LogP contribution is -2.16. The summed E-state index contributed by atoms with van der Waals surface area (Å²) in [6.07, 6.45) is 0. The van der Waals surface area contributed by atoms with Gasteiger partial charge in [-0.1, -0.05) is 59.7 Å². The van der Waals surface area contributed by atoms with Crippen LogP contribution in [0.1, 0.15) is 61.8 Å². The second-order valence-electron chi connectivity index (χ2n) is 7.01. The molecule has 1 aromatic heterocycles. The van der Waals surface area contributed by atoms with Gasteiger partial charge in [0.25, 0.3) is 0 Å². The molecule has 0 atom stereocenters. The van der Waals surface area contributed by atoms with Crippen LogP contribution in [-0.2, 0) is 9.47 Å². The van der Waals surface area contributed by atoms with E-state index in [0.29, 0.717) is 11.1 Å². The first-order valence-electron chi connectivity index (χ1n) is 10.1. The van der Waals surface area contributed by atoms with Crippen LogP contribution in [-0.4, -0.2) is 30.9 Å². The second kappa shape index (κ2) is 9.43. The first-order chi connectivity index (χ1) is 14.9. The molecular formula is C25H24O6. The Kier molecular flexibility index (Phi) is 6.70. The van der Waals surface area contributed by atoms with Crippen molar-refractivity contribution in [2.75, 3.05) is 13.2 Å². The first kappa shape index (κ1) is 22.0. The SMILES string of the molecule is CCOC(=O)c1oc(-c2ccc(C)cc2)c(C(=O)c2ccc(C)cc2)c1C(=O)OCC. The minimum absolute atomic E-state index is 0.0193. The molecule has 0 aliphatic heterocycles. The van der Waals surface area contributed by atoms with E-state index in [1.165, 1.54) is 0 Å². The summed E-state index contributed by atoms with van der Waals surface area (Å²) in [6, 6.07) is 14.2. The van der Waals surface area contributed by atoms with E-state index in [1.807, 2.05) is 26.0 Å². The predicted molar refractivity (Wildman–Crippen MR) is 115 cm³/mol. The summed E-state index contributed by atoms with van der Waals surface area (Å²) < 4.78 is 16.0. The molecule has 0 fully saturated rings. The zero-order chi connectivity index (χ0) is 22.5. The van der Waals surface area contributed by atoms with Gasteiger partial charge in [-0.2, -0.15) is 0 Å². The van der Waals surface area contributed by atoms with E-state index in [0.717, 1.165) is 11.1 Å². The fourth-order valence-electron chi connectivity index (χ4n) is 3.14. The van der Waals surface area contributed by atoms with Gasteiger partial charge in [-0.15, -0.1) is 0 Å². The number of hydrogen-bond acceptors (Lipinski definition) is 6. The number of benzene rings is 2. The largest absolute Gasteiger partial charge is 0.462 e. The van der Waals surface area contributed by atoms with E-state index in [-0.39, 0.29) is 35.9 Å². The maximum absolute atomic E-state index is 13.5. The van der Waals surface area contributed by atoms with E-state index in [1.54, 1.807) is 50.2 Å². The number of hydrogen-bond donors (Lipinski definition) is 0. The number of carbonyl (C=O) groups is 3. The number of aryl methyl sites for hydroxylation is 2. The molecule has 0 unspecified atom stereocenters. The number of carbonyl (C=O) groups excluding carboxylic acids is 3. The first-order valence-corrected chi connectivity index (χ1v) is 10.1. The van der Waals surface area contributed by atoms with Crippen molar-refractivity contribution in [3.05, 3.63) is 82.1 Å². The van der Waals surface area contributed by atoms with Gasteiger partial charge in [0.1, 0.15) is 11.3 Å². The van der Waals surface area contributed by atoms with Crippen molar-refractivity contribution < 1.29 is 28.3 Å². The molecule has 0 amide bonds. The summed E-state index contributed by atoms with van der Waals surface area (Å²) in [7, 11) is 0. The van der Waals surface area contributed by atoms with Crippen LogP contribution in [0, 0.1) is 13.8 Å². The van der Waals surface area contributed by atoms with Crippen LogP contribution in [0.25, 0.3) is 11.3 Å². The van der Waals surface area contributed by atoms with Crippen molar-refractivity contribution in [3.8, 4) is 11.3 Å². The standard InChI is InChI=1S/C25H24O6/c1-5-29-24(27)20-19(21(26)17-11-7-15(3)8-12-17)22(18-13-9-16(4)10-14-18)31-23(20)25(28)30-6-2/h7-14H,5-6H2,1-4H3. The van der Waals surface area contributed by atoms with Crippen molar-refractivity contribution >= 4 is 17.7 Å². The van der Waals surface area contributed by atoms with Gasteiger partial charge in [0, 0.05) is 11.1 Å². The third kappa shape index (κ3) is 4.58. The Labute approximate surface area is 180 Å². The highest BCUT2D eigenvalue weighted by atomic mass is 16.5. The Bertz CT molecular complexity index is 1100. The van der Waals surface area contributed by atoms with Crippen LogP contribution < -0.4 is 0 Å². The molecule has 0 N–H and O–H groups in total. The van der Waals surface area contributed by atoms with Crippen molar-refractivity contribution in [2.24, 2.45) is 0 Å². The van der Waals surface area contributed by atoms with Gasteiger partial charge in [0.15, 0.2) is 5.78 Å². The fraction of sp³-hybridized carbons (Fsp3) is 0.240. The number of rotatable bonds is 7. The minimum atomic E-state index is -0.832. The molecule has 0 bridgehead atoms. The topological polar surface area (TPSA) is 82.8 Å². The maximum Gasteiger partial charge on any atom is 0.375 e. The lowest BCUT2D eigenvalue weighted by Gasteiger charge is -2.07. The lowest BCUT2D eigenvalue weighted by molar-refractivity contribution is 0.0452. The summed E-state index contributed by atoms with van der Waals surface area (Å²) in [5, 5.41) is 0. The number of esters is 2. The quantitative estimate of drug-likeness (QED) is 0.388. The van der Waals surface area contributed by atoms with Gasteiger partial charge in [0.05, 0.1) is 18.8 Å². The molecule has 3 rings (SSSR count). The molecule has 160 valence electrons. The molecule has 6 nitrogen and oxygen atoms in total. The lowest BCUT2D eigenvalue weighted by atomic mass is 9.95. The summed E-state index contributed by atoms with van der Waals surface area (Å²) in [6.45, 7) is 7.28. The van der Waals surface area contributed by atoms with E-state index in [9.17, 15) is 14.4 Å². The van der Waals surface area contributed by atoms with Crippen molar-refractivity contribution in [1.82, 2.24) is 0 Å². The molecule has 3 aromatic rings. The molecule has 0 radical (unpaired) electrons. The molecule has 0 saturated heterocycles. The summed E-state index contributed by atoms with van der Waals surface area (Å²) in [5.74, 6) is -2.31. The van der Waals surface area contributed by atoms with Crippen LogP contribution in [0.3, 0.4) is 0 Å². The van der Waals surface area contributed by atoms with E-state index < -0.39 is 17.7 Å². The Morgan fingerprint density at radius 1 is 0.742 bits per heavy atom. The van der Waals surface area contributed by atoms with Crippen LogP contribution in [0.5, 0.6) is 0 Å². The zero-order valence-corrected chi connectivity index (χ0v) is 18.0. The van der Waals surface area contributed by atoms with Crippen molar-refractivity contribution in [3.63, 3.8) is 0 Å². The predicted octanol–water partition coefficient (Wildman–Crippen LogP) is 5.15. The normalized spacial score (nSPS) is 10.6. The molecule has 2 aromatic carbocycles. The number of furan rings is 1. The van der Waals surface area contributed by atoms with E-state index >= 15 is 0 Å². The van der Waals surface area contributed by atoms with Gasteiger partial charge < -0.3 is 13.9 Å². The monoisotopic (exact) mass is 420 g/mol. The summed E-state index contributed by atoms with van der Waals surface area (Å²) in [4.78, 5) is 39.0. The van der Waals surface area contributed by atoms with Gasteiger partial charge >= 0.3 is 11.9 Å². The molecule has 6 heteroatoms. The molecule has 1 heterocycles. The highest BCUT2D eigenvalue weighted by molar-refractivity contribution is 6.20.